The van der Waals surface area contributed by atoms with Gasteiger partial charge in [-0.2, -0.15) is 10.5 Å². The van der Waals surface area contributed by atoms with Crippen LogP contribution in [0, 0.1) is 22.7 Å². The van der Waals surface area contributed by atoms with E-state index < -0.39 is 0 Å². The average molecular weight is 232 g/mol. The number of hydrogen-bond acceptors (Lipinski definition) is 4. The smallest absolute Gasteiger partial charge is 0.128 e. The fourth-order valence-electron chi connectivity index (χ4n) is 2.99. The van der Waals surface area contributed by atoms with E-state index in [2.05, 4.69) is 22.4 Å². The normalized spacial score (nSPS) is 32.4. The summed E-state index contributed by atoms with van der Waals surface area (Å²) in [6, 6.07) is 4.39. The van der Waals surface area contributed by atoms with Gasteiger partial charge in [-0.25, -0.2) is 0 Å². The second kappa shape index (κ2) is 6.00. The van der Waals surface area contributed by atoms with Crippen LogP contribution in [0.1, 0.15) is 44.9 Å². The molecule has 1 saturated heterocycles. The molecule has 1 aliphatic heterocycles. The fraction of sp³-hybridized carbons (Fsp3) is 0.846. The molecule has 92 valence electrons. The summed E-state index contributed by atoms with van der Waals surface area (Å²) in [5.74, 6) is 0. The highest BCUT2D eigenvalue weighted by Crippen LogP contribution is 2.25. The molecule has 0 amide bonds. The maximum atomic E-state index is 9.21. The van der Waals surface area contributed by atoms with Gasteiger partial charge in [-0.15, -0.1) is 0 Å². The van der Waals surface area contributed by atoms with Gasteiger partial charge in [-0.1, -0.05) is 32.1 Å². The van der Waals surface area contributed by atoms with E-state index >= 15 is 0 Å². The molecular formula is C13H20N4. The highest BCUT2D eigenvalue weighted by molar-refractivity contribution is 5.13. The highest BCUT2D eigenvalue weighted by Gasteiger charge is 2.37. The predicted molar refractivity (Wildman–Crippen MR) is 64.8 cm³/mol. The summed E-state index contributed by atoms with van der Waals surface area (Å²) in [6.07, 6.45) is 8.86. The summed E-state index contributed by atoms with van der Waals surface area (Å²) in [4.78, 5) is 2.21. The van der Waals surface area contributed by atoms with Crippen LogP contribution >= 0.6 is 0 Å². The zero-order valence-corrected chi connectivity index (χ0v) is 10.2. The minimum Gasteiger partial charge on any atom is -0.287 e. The van der Waals surface area contributed by atoms with E-state index in [4.69, 9.17) is 5.26 Å². The molecule has 0 spiro atoms. The van der Waals surface area contributed by atoms with Gasteiger partial charge in [-0.3, -0.25) is 10.2 Å². The van der Waals surface area contributed by atoms with Crippen molar-refractivity contribution in [2.75, 3.05) is 6.67 Å². The van der Waals surface area contributed by atoms with Crippen LogP contribution in [0.25, 0.3) is 0 Å². The van der Waals surface area contributed by atoms with Crippen LogP contribution in [-0.2, 0) is 0 Å². The Morgan fingerprint density at radius 2 is 1.59 bits per heavy atom. The number of nitrogens with one attached hydrogen (secondary N) is 1. The monoisotopic (exact) mass is 232 g/mol. The van der Waals surface area contributed by atoms with Crippen molar-refractivity contribution in [3.63, 3.8) is 0 Å². The summed E-state index contributed by atoms with van der Waals surface area (Å²) < 4.78 is 0. The lowest BCUT2D eigenvalue weighted by molar-refractivity contribution is 0.173. The predicted octanol–water partition coefficient (Wildman–Crippen LogP) is 1.75. The van der Waals surface area contributed by atoms with Crippen molar-refractivity contribution in [3.8, 4) is 12.1 Å². The van der Waals surface area contributed by atoms with Gasteiger partial charge in [0.1, 0.15) is 12.1 Å². The van der Waals surface area contributed by atoms with Crippen LogP contribution in [0.3, 0.4) is 0 Å². The minimum atomic E-state index is -0.314. The topological polar surface area (TPSA) is 62.9 Å². The van der Waals surface area contributed by atoms with Crippen molar-refractivity contribution in [2.45, 2.75) is 63.1 Å². The third kappa shape index (κ3) is 2.77. The van der Waals surface area contributed by atoms with Crippen molar-refractivity contribution >= 4 is 0 Å². The van der Waals surface area contributed by atoms with E-state index in [1.807, 2.05) is 0 Å². The lowest BCUT2D eigenvalue weighted by Gasteiger charge is -2.30. The van der Waals surface area contributed by atoms with Gasteiger partial charge in [-0.05, 0) is 12.8 Å². The third-order valence-corrected chi connectivity index (χ3v) is 3.98. The second-order valence-corrected chi connectivity index (χ2v) is 5.06. The van der Waals surface area contributed by atoms with Crippen LogP contribution in [-0.4, -0.2) is 29.7 Å². The van der Waals surface area contributed by atoms with Crippen LogP contribution in [0.4, 0.5) is 0 Å². The van der Waals surface area contributed by atoms with E-state index in [0.717, 1.165) is 0 Å². The van der Waals surface area contributed by atoms with Crippen LogP contribution < -0.4 is 5.32 Å². The molecule has 2 rings (SSSR count). The second-order valence-electron chi connectivity index (χ2n) is 5.06. The summed E-state index contributed by atoms with van der Waals surface area (Å²) in [6.45, 7) is 0.696. The molecule has 0 radical (unpaired) electrons. The van der Waals surface area contributed by atoms with Gasteiger partial charge in [0, 0.05) is 6.04 Å². The molecular weight excluding hydrogens is 212 g/mol. The van der Waals surface area contributed by atoms with E-state index in [1.165, 1.54) is 44.9 Å². The molecule has 4 heteroatoms. The van der Waals surface area contributed by atoms with E-state index in [9.17, 15) is 5.26 Å². The first kappa shape index (κ1) is 12.4. The highest BCUT2D eigenvalue weighted by atomic mass is 15.3. The Morgan fingerprint density at radius 1 is 0.941 bits per heavy atom. The van der Waals surface area contributed by atoms with Crippen molar-refractivity contribution in [3.05, 3.63) is 0 Å². The van der Waals surface area contributed by atoms with E-state index in [-0.39, 0.29) is 12.1 Å². The molecule has 2 fully saturated rings. The lowest BCUT2D eigenvalue weighted by atomic mass is 9.95. The first-order valence-corrected chi connectivity index (χ1v) is 6.65. The Bertz CT molecular complexity index is 319. The Labute approximate surface area is 103 Å². The van der Waals surface area contributed by atoms with Gasteiger partial charge in [0.05, 0.1) is 18.8 Å². The van der Waals surface area contributed by atoms with E-state index in [1.54, 1.807) is 0 Å². The molecule has 4 nitrogen and oxygen atoms in total. The number of rotatable bonds is 1. The summed E-state index contributed by atoms with van der Waals surface area (Å²) >= 11 is 0. The summed E-state index contributed by atoms with van der Waals surface area (Å²) in [7, 11) is 0. The molecule has 0 bridgehead atoms. The Hall–Kier alpha value is -1.10. The first-order chi connectivity index (χ1) is 8.36. The Kier molecular flexibility index (Phi) is 4.36. The quantitative estimate of drug-likeness (QED) is 0.748. The largest absolute Gasteiger partial charge is 0.287 e. The van der Waals surface area contributed by atoms with Crippen LogP contribution in [0.2, 0.25) is 0 Å². The molecule has 2 aliphatic rings. The van der Waals surface area contributed by atoms with Gasteiger partial charge >= 0.3 is 0 Å². The van der Waals surface area contributed by atoms with E-state index in [0.29, 0.717) is 12.7 Å². The molecule has 0 aromatic heterocycles. The van der Waals surface area contributed by atoms with Crippen LogP contribution in [0.5, 0.6) is 0 Å². The minimum absolute atomic E-state index is 0.260. The number of hydrogen-bond donors (Lipinski definition) is 1. The van der Waals surface area contributed by atoms with Gasteiger partial charge < -0.3 is 0 Å². The zero-order valence-electron chi connectivity index (χ0n) is 10.2. The lowest BCUT2D eigenvalue weighted by Crippen LogP contribution is -2.41. The zero-order chi connectivity index (χ0) is 12.1. The summed E-state index contributed by atoms with van der Waals surface area (Å²) in [5.41, 5.74) is 0. The third-order valence-electron chi connectivity index (χ3n) is 3.98. The molecule has 1 N–H and O–H groups in total. The average Bonchev–Trinajstić information content (AvgIpc) is 2.71. The molecule has 0 aromatic carbocycles. The Morgan fingerprint density at radius 3 is 2.18 bits per heavy atom. The Balaban J connectivity index is 2.00. The maximum absolute atomic E-state index is 9.21. The first-order valence-electron chi connectivity index (χ1n) is 6.65. The molecule has 1 aliphatic carbocycles. The molecule has 2 atom stereocenters. The SMILES string of the molecule is N#CC1NCN(C2CCCCCCC2)C1C#N. The van der Waals surface area contributed by atoms with Crippen LogP contribution in [0.15, 0.2) is 0 Å². The fourth-order valence-corrected chi connectivity index (χ4v) is 2.99. The molecule has 2 unspecified atom stereocenters. The van der Waals surface area contributed by atoms with Gasteiger partial charge in [0.25, 0.3) is 0 Å². The molecule has 0 aromatic rings. The molecule has 1 heterocycles. The van der Waals surface area contributed by atoms with Gasteiger partial charge in [0.15, 0.2) is 0 Å². The van der Waals surface area contributed by atoms with Crippen molar-refractivity contribution in [1.29, 1.82) is 10.5 Å². The maximum Gasteiger partial charge on any atom is 0.128 e. The van der Waals surface area contributed by atoms with Crippen molar-refractivity contribution in [1.82, 2.24) is 10.2 Å². The van der Waals surface area contributed by atoms with Crippen molar-refractivity contribution in [2.24, 2.45) is 0 Å². The number of nitriles is 2. The van der Waals surface area contributed by atoms with Crippen molar-refractivity contribution < 1.29 is 0 Å². The standard InChI is InChI=1S/C13H20N4/c14-8-12-13(9-15)17(10-16-12)11-6-4-2-1-3-5-7-11/h11-13,16H,1-7,10H2. The van der Waals surface area contributed by atoms with Gasteiger partial charge in [0.2, 0.25) is 0 Å². The molecule has 1 saturated carbocycles. The summed E-state index contributed by atoms with van der Waals surface area (Å²) in [5, 5.41) is 21.3. The number of nitrogens with zero attached hydrogens (tertiary/aromatic N) is 3. The molecule has 17 heavy (non-hydrogen) atoms.